The van der Waals surface area contributed by atoms with Crippen LogP contribution in [0.4, 0.5) is 5.69 Å². The van der Waals surface area contributed by atoms with Crippen molar-refractivity contribution in [1.29, 1.82) is 5.26 Å². The molecule has 5 heteroatoms. The predicted molar refractivity (Wildman–Crippen MR) is 169 cm³/mol. The summed E-state index contributed by atoms with van der Waals surface area (Å²) in [5.41, 5.74) is 6.71. The van der Waals surface area contributed by atoms with E-state index in [0.29, 0.717) is 16.8 Å². The summed E-state index contributed by atoms with van der Waals surface area (Å²) in [5, 5.41) is 14.6. The zero-order valence-electron chi connectivity index (χ0n) is 22.4. The molecule has 0 atom stereocenters. The van der Waals surface area contributed by atoms with E-state index in [1.165, 1.54) is 0 Å². The molecule has 0 amide bonds. The molecule has 0 radical (unpaired) electrons. The van der Waals surface area contributed by atoms with E-state index in [0.717, 1.165) is 60.8 Å². The van der Waals surface area contributed by atoms with Crippen molar-refractivity contribution in [3.63, 3.8) is 0 Å². The number of benzene rings is 5. The standard InChI is InChI=1S/C37H21N5/c1-39-26-19-18-24(23-38)31(22-26)25-20-36(41-32-14-6-2-10-27(32)28-11-3-7-15-33(28)41)40-37(21-25)42-34-16-8-4-12-29(34)30-13-5-9-17-35(30)42/h2-22H. The maximum Gasteiger partial charge on any atom is 0.187 e. The van der Waals surface area contributed by atoms with Crippen molar-refractivity contribution in [2.45, 2.75) is 0 Å². The molecule has 194 valence electrons. The number of nitriles is 1. The van der Waals surface area contributed by atoms with E-state index in [1.54, 1.807) is 18.2 Å². The Morgan fingerprint density at radius 1 is 0.571 bits per heavy atom. The SMILES string of the molecule is [C-]#[N+]c1ccc(C#N)c(-c2cc(-n3c4ccccc4c4ccccc43)nc(-n3c4ccccc4c4ccccc43)c2)c1. The van der Waals surface area contributed by atoms with Gasteiger partial charge in [0.05, 0.1) is 40.3 Å². The molecule has 0 spiro atoms. The van der Waals surface area contributed by atoms with Gasteiger partial charge in [-0.15, -0.1) is 0 Å². The summed E-state index contributed by atoms with van der Waals surface area (Å²) < 4.78 is 4.38. The number of nitrogens with zero attached hydrogens (tertiary/aromatic N) is 5. The molecule has 5 aromatic carbocycles. The molecule has 0 N–H and O–H groups in total. The Bertz CT molecular complexity index is 2210. The minimum atomic E-state index is 0.484. The van der Waals surface area contributed by atoms with Gasteiger partial charge in [-0.05, 0) is 53.6 Å². The third kappa shape index (κ3) is 3.45. The van der Waals surface area contributed by atoms with Crippen molar-refractivity contribution in [2.75, 3.05) is 0 Å². The molecule has 0 unspecified atom stereocenters. The molecule has 5 nitrogen and oxygen atoms in total. The topological polar surface area (TPSA) is 50.9 Å². The Kier molecular flexibility index (Phi) is 5.19. The van der Waals surface area contributed by atoms with Crippen LogP contribution < -0.4 is 0 Å². The zero-order valence-corrected chi connectivity index (χ0v) is 22.4. The minimum Gasteiger partial charge on any atom is -0.294 e. The second-order valence-electron chi connectivity index (χ2n) is 10.3. The molecule has 0 fully saturated rings. The second-order valence-corrected chi connectivity index (χ2v) is 10.3. The molecule has 0 saturated heterocycles. The van der Waals surface area contributed by atoms with E-state index in [1.807, 2.05) is 36.4 Å². The van der Waals surface area contributed by atoms with E-state index in [2.05, 4.69) is 92.8 Å². The van der Waals surface area contributed by atoms with Crippen LogP contribution in [-0.2, 0) is 0 Å². The quantitative estimate of drug-likeness (QED) is 0.212. The molecule has 3 heterocycles. The lowest BCUT2D eigenvalue weighted by Crippen LogP contribution is -2.04. The number of hydrogen-bond donors (Lipinski definition) is 0. The molecule has 0 aliphatic rings. The van der Waals surface area contributed by atoms with Crippen LogP contribution in [0.25, 0.3) is 71.2 Å². The highest BCUT2D eigenvalue weighted by Gasteiger charge is 2.19. The number of rotatable bonds is 3. The Hall–Kier alpha value is -6.17. The lowest BCUT2D eigenvalue weighted by Gasteiger charge is -2.15. The van der Waals surface area contributed by atoms with Crippen LogP contribution in [0.3, 0.4) is 0 Å². The van der Waals surface area contributed by atoms with Crippen molar-refractivity contribution >= 4 is 49.3 Å². The second kappa shape index (κ2) is 9.20. The van der Waals surface area contributed by atoms with Gasteiger partial charge in [0.25, 0.3) is 0 Å². The first-order chi connectivity index (χ1) is 20.7. The van der Waals surface area contributed by atoms with Crippen molar-refractivity contribution < 1.29 is 0 Å². The monoisotopic (exact) mass is 535 g/mol. The van der Waals surface area contributed by atoms with Crippen LogP contribution >= 0.6 is 0 Å². The summed E-state index contributed by atoms with van der Waals surface area (Å²) in [5.74, 6) is 1.47. The van der Waals surface area contributed by atoms with Gasteiger partial charge in [0, 0.05) is 21.5 Å². The third-order valence-corrected chi connectivity index (χ3v) is 7.98. The van der Waals surface area contributed by atoms with Crippen LogP contribution in [0, 0.1) is 17.9 Å². The number of para-hydroxylation sites is 4. The molecular weight excluding hydrogens is 514 g/mol. The van der Waals surface area contributed by atoms with Crippen molar-refractivity contribution in [3.05, 3.63) is 144 Å². The molecule has 0 aliphatic carbocycles. The highest BCUT2D eigenvalue weighted by Crippen LogP contribution is 2.37. The highest BCUT2D eigenvalue weighted by molar-refractivity contribution is 6.10. The first kappa shape index (κ1) is 23.7. The molecule has 0 saturated carbocycles. The van der Waals surface area contributed by atoms with Crippen LogP contribution in [0.1, 0.15) is 5.56 Å². The van der Waals surface area contributed by atoms with E-state index < -0.39 is 0 Å². The molecule has 0 bridgehead atoms. The van der Waals surface area contributed by atoms with Gasteiger partial charge < -0.3 is 0 Å². The Morgan fingerprint density at radius 2 is 1.00 bits per heavy atom. The van der Waals surface area contributed by atoms with Crippen molar-refractivity contribution in [3.8, 4) is 28.8 Å². The molecule has 42 heavy (non-hydrogen) atoms. The number of hydrogen-bond acceptors (Lipinski definition) is 2. The van der Waals surface area contributed by atoms with E-state index >= 15 is 0 Å². The summed E-state index contributed by atoms with van der Waals surface area (Å²) in [6, 6.07) is 45.0. The normalized spacial score (nSPS) is 11.3. The van der Waals surface area contributed by atoms with Gasteiger partial charge >= 0.3 is 0 Å². The van der Waals surface area contributed by atoms with E-state index in [-0.39, 0.29) is 0 Å². The molecule has 8 aromatic rings. The number of fused-ring (bicyclic) bond motifs is 6. The van der Waals surface area contributed by atoms with Crippen LogP contribution in [-0.4, -0.2) is 14.1 Å². The largest absolute Gasteiger partial charge is 0.294 e. The first-order valence-corrected chi connectivity index (χ1v) is 13.7. The van der Waals surface area contributed by atoms with Gasteiger partial charge in [-0.25, -0.2) is 9.83 Å². The van der Waals surface area contributed by atoms with Crippen molar-refractivity contribution in [2.24, 2.45) is 0 Å². The fraction of sp³-hybridized carbons (Fsp3) is 0. The van der Waals surface area contributed by atoms with Crippen LogP contribution in [0.5, 0.6) is 0 Å². The molecule has 8 rings (SSSR count). The first-order valence-electron chi connectivity index (χ1n) is 13.7. The van der Waals surface area contributed by atoms with Gasteiger partial charge in [-0.3, -0.25) is 9.13 Å². The zero-order chi connectivity index (χ0) is 28.2. The van der Waals surface area contributed by atoms with Crippen LogP contribution in [0.15, 0.2) is 127 Å². The summed E-state index contributed by atoms with van der Waals surface area (Å²) in [6.45, 7) is 7.63. The summed E-state index contributed by atoms with van der Waals surface area (Å²) in [6.07, 6.45) is 0. The van der Waals surface area contributed by atoms with Crippen molar-refractivity contribution in [1.82, 2.24) is 14.1 Å². The fourth-order valence-corrected chi connectivity index (χ4v) is 6.16. The molecule has 3 aromatic heterocycles. The van der Waals surface area contributed by atoms with Gasteiger partial charge in [0.2, 0.25) is 0 Å². The predicted octanol–water partition coefficient (Wildman–Crippen LogP) is 9.37. The summed E-state index contributed by atoms with van der Waals surface area (Å²) in [4.78, 5) is 8.98. The third-order valence-electron chi connectivity index (χ3n) is 7.98. The van der Waals surface area contributed by atoms with E-state index in [9.17, 15) is 5.26 Å². The maximum absolute atomic E-state index is 10.1. The average molecular weight is 536 g/mol. The Morgan fingerprint density at radius 3 is 1.40 bits per heavy atom. The van der Waals surface area contributed by atoms with Gasteiger partial charge in [-0.2, -0.15) is 5.26 Å². The van der Waals surface area contributed by atoms with E-state index in [4.69, 9.17) is 11.6 Å². The summed E-state index contributed by atoms with van der Waals surface area (Å²) in [7, 11) is 0. The van der Waals surface area contributed by atoms with Gasteiger partial charge in [-0.1, -0.05) is 84.9 Å². The van der Waals surface area contributed by atoms with Gasteiger partial charge in [0.1, 0.15) is 11.6 Å². The smallest absolute Gasteiger partial charge is 0.187 e. The maximum atomic E-state index is 10.1. The highest BCUT2D eigenvalue weighted by atomic mass is 15.1. The minimum absolute atomic E-state index is 0.484. The van der Waals surface area contributed by atoms with Crippen LogP contribution in [0.2, 0.25) is 0 Å². The Balaban J connectivity index is 1.53. The average Bonchev–Trinajstić information content (AvgIpc) is 3.57. The molecular formula is C37H21N5. The summed E-state index contributed by atoms with van der Waals surface area (Å²) >= 11 is 0. The fourth-order valence-electron chi connectivity index (χ4n) is 6.16. The van der Waals surface area contributed by atoms with Gasteiger partial charge in [0.15, 0.2) is 5.69 Å². The molecule has 0 aliphatic heterocycles. The number of aromatic nitrogens is 3. The number of pyridine rings is 1. The lowest BCUT2D eigenvalue weighted by molar-refractivity contribution is 1.01. The lowest BCUT2D eigenvalue weighted by atomic mass is 10.00. The Labute approximate surface area is 241 Å².